The number of amides is 1. The molecule has 0 N–H and O–H groups in total. The van der Waals surface area contributed by atoms with Gasteiger partial charge in [-0.05, 0) is 19.8 Å². The van der Waals surface area contributed by atoms with Gasteiger partial charge in [0, 0.05) is 32.4 Å². The van der Waals surface area contributed by atoms with Gasteiger partial charge < -0.3 is 14.4 Å². The van der Waals surface area contributed by atoms with E-state index in [0.29, 0.717) is 38.8 Å². The zero-order valence-electron chi connectivity index (χ0n) is 12.0. The lowest BCUT2D eigenvalue weighted by Crippen LogP contribution is -2.40. The normalized spacial score (nSPS) is 29.6. The van der Waals surface area contributed by atoms with E-state index in [1.807, 2.05) is 0 Å². The molecule has 0 radical (unpaired) electrons. The summed E-state index contributed by atoms with van der Waals surface area (Å²) < 4.78 is 10.3. The highest BCUT2D eigenvalue weighted by atomic mass is 16.5. The lowest BCUT2D eigenvalue weighted by Gasteiger charge is -2.26. The average molecular weight is 283 g/mol. The summed E-state index contributed by atoms with van der Waals surface area (Å²) in [5, 5.41) is 0. The zero-order valence-corrected chi connectivity index (χ0v) is 12.0. The first-order valence-electron chi connectivity index (χ1n) is 7.16. The molecule has 0 aromatic rings. The van der Waals surface area contributed by atoms with Gasteiger partial charge >= 0.3 is 11.9 Å². The SMILES string of the molecule is CCOC(=O)C1CCN2C(=O)CCC(OC(C)=O)CC12. The molecule has 6 heteroatoms. The van der Waals surface area contributed by atoms with Crippen molar-refractivity contribution in [3.8, 4) is 0 Å². The molecule has 2 aliphatic heterocycles. The van der Waals surface area contributed by atoms with Crippen LogP contribution in [0.25, 0.3) is 0 Å². The van der Waals surface area contributed by atoms with Gasteiger partial charge in [0.05, 0.1) is 12.5 Å². The Morgan fingerprint density at radius 2 is 2.10 bits per heavy atom. The van der Waals surface area contributed by atoms with Crippen molar-refractivity contribution in [2.45, 2.75) is 51.7 Å². The summed E-state index contributed by atoms with van der Waals surface area (Å²) in [6.45, 7) is 4.05. The fourth-order valence-corrected chi connectivity index (χ4v) is 3.14. The summed E-state index contributed by atoms with van der Waals surface area (Å²) in [5.41, 5.74) is 0. The van der Waals surface area contributed by atoms with Crippen LogP contribution in [-0.4, -0.2) is 48.0 Å². The van der Waals surface area contributed by atoms with Gasteiger partial charge in [-0.25, -0.2) is 0 Å². The van der Waals surface area contributed by atoms with Crippen LogP contribution in [0, 0.1) is 5.92 Å². The Hall–Kier alpha value is -1.59. The van der Waals surface area contributed by atoms with E-state index in [9.17, 15) is 14.4 Å². The molecular formula is C14H21NO5. The van der Waals surface area contributed by atoms with Crippen LogP contribution in [0.1, 0.15) is 39.5 Å². The van der Waals surface area contributed by atoms with Crippen LogP contribution in [0.4, 0.5) is 0 Å². The Bertz CT molecular complexity index is 408. The molecule has 0 bridgehead atoms. The minimum atomic E-state index is -0.346. The maximum atomic E-state index is 12.1. The molecule has 112 valence electrons. The maximum absolute atomic E-state index is 12.1. The first kappa shape index (κ1) is 14.8. The Kier molecular flexibility index (Phi) is 4.62. The summed E-state index contributed by atoms with van der Waals surface area (Å²) in [6, 6.07) is -0.201. The predicted molar refractivity (Wildman–Crippen MR) is 69.6 cm³/mol. The molecule has 2 aliphatic rings. The molecule has 20 heavy (non-hydrogen) atoms. The fourth-order valence-electron chi connectivity index (χ4n) is 3.14. The summed E-state index contributed by atoms with van der Waals surface area (Å²) in [7, 11) is 0. The van der Waals surface area contributed by atoms with Crippen LogP contribution in [0.2, 0.25) is 0 Å². The number of fused-ring (bicyclic) bond motifs is 1. The highest BCUT2D eigenvalue weighted by molar-refractivity contribution is 5.80. The monoisotopic (exact) mass is 283 g/mol. The smallest absolute Gasteiger partial charge is 0.311 e. The zero-order chi connectivity index (χ0) is 14.7. The summed E-state index contributed by atoms with van der Waals surface area (Å²) >= 11 is 0. The number of hydrogen-bond acceptors (Lipinski definition) is 5. The van der Waals surface area contributed by atoms with E-state index < -0.39 is 0 Å². The highest BCUT2D eigenvalue weighted by Gasteiger charge is 2.44. The number of carbonyl (C=O) groups is 3. The lowest BCUT2D eigenvalue weighted by atomic mass is 9.95. The predicted octanol–water partition coefficient (Wildman–Crippen LogP) is 0.882. The summed E-state index contributed by atoms with van der Waals surface area (Å²) in [6.07, 6.45) is 1.75. The van der Waals surface area contributed by atoms with E-state index in [2.05, 4.69) is 0 Å². The number of nitrogens with zero attached hydrogens (tertiary/aromatic N) is 1. The van der Waals surface area contributed by atoms with Crippen LogP contribution in [0.3, 0.4) is 0 Å². The third kappa shape index (κ3) is 3.11. The Morgan fingerprint density at radius 3 is 2.75 bits per heavy atom. The molecular weight excluding hydrogens is 262 g/mol. The molecule has 2 rings (SSSR count). The molecule has 2 heterocycles. The first-order valence-corrected chi connectivity index (χ1v) is 7.16. The van der Waals surface area contributed by atoms with Gasteiger partial charge in [-0.2, -0.15) is 0 Å². The van der Waals surface area contributed by atoms with Crippen molar-refractivity contribution in [2.24, 2.45) is 5.92 Å². The van der Waals surface area contributed by atoms with Gasteiger partial charge in [-0.3, -0.25) is 14.4 Å². The van der Waals surface area contributed by atoms with Crippen LogP contribution in [0.5, 0.6) is 0 Å². The van der Waals surface area contributed by atoms with Crippen LogP contribution in [-0.2, 0) is 23.9 Å². The molecule has 0 aliphatic carbocycles. The van der Waals surface area contributed by atoms with Crippen molar-refractivity contribution < 1.29 is 23.9 Å². The van der Waals surface area contributed by atoms with Gasteiger partial charge in [0.1, 0.15) is 6.10 Å². The first-order chi connectivity index (χ1) is 9.52. The van der Waals surface area contributed by atoms with Crippen molar-refractivity contribution in [1.82, 2.24) is 4.90 Å². The third-order valence-electron chi connectivity index (χ3n) is 3.97. The van der Waals surface area contributed by atoms with Crippen LogP contribution < -0.4 is 0 Å². The second-order valence-electron chi connectivity index (χ2n) is 5.31. The molecule has 1 amide bonds. The minimum absolute atomic E-state index is 0.0384. The molecule has 0 aromatic heterocycles. The quantitative estimate of drug-likeness (QED) is 0.719. The average Bonchev–Trinajstić information content (AvgIpc) is 2.72. The van der Waals surface area contributed by atoms with E-state index in [1.54, 1.807) is 11.8 Å². The molecule has 3 atom stereocenters. The van der Waals surface area contributed by atoms with Gasteiger partial charge in [0.25, 0.3) is 0 Å². The van der Waals surface area contributed by atoms with Crippen molar-refractivity contribution in [3.63, 3.8) is 0 Å². The number of esters is 2. The van der Waals surface area contributed by atoms with Gasteiger partial charge in [-0.1, -0.05) is 0 Å². The number of ether oxygens (including phenoxy) is 2. The largest absolute Gasteiger partial charge is 0.466 e. The van der Waals surface area contributed by atoms with Crippen molar-refractivity contribution in [2.75, 3.05) is 13.2 Å². The van der Waals surface area contributed by atoms with E-state index >= 15 is 0 Å². The standard InChI is InChI=1S/C14H21NO5/c1-3-19-14(18)11-6-7-15-12(11)8-10(20-9(2)16)4-5-13(15)17/h10-12H,3-8H2,1-2H3. The van der Waals surface area contributed by atoms with Crippen molar-refractivity contribution >= 4 is 17.8 Å². The Balaban J connectivity index is 2.11. The molecule has 6 nitrogen and oxygen atoms in total. The Morgan fingerprint density at radius 1 is 1.35 bits per heavy atom. The maximum Gasteiger partial charge on any atom is 0.311 e. The van der Waals surface area contributed by atoms with Crippen molar-refractivity contribution in [3.05, 3.63) is 0 Å². The van der Waals surface area contributed by atoms with Gasteiger partial charge in [-0.15, -0.1) is 0 Å². The summed E-state index contributed by atoms with van der Waals surface area (Å²) in [5.74, 6) is -0.857. The van der Waals surface area contributed by atoms with E-state index in [-0.39, 0.29) is 35.9 Å². The van der Waals surface area contributed by atoms with Gasteiger partial charge in [0.15, 0.2) is 0 Å². The van der Waals surface area contributed by atoms with E-state index in [0.717, 1.165) is 0 Å². The second-order valence-corrected chi connectivity index (χ2v) is 5.31. The number of hydrogen-bond donors (Lipinski definition) is 0. The molecule has 3 unspecified atom stereocenters. The lowest BCUT2D eigenvalue weighted by molar-refractivity contribution is -0.150. The molecule has 0 saturated carbocycles. The van der Waals surface area contributed by atoms with E-state index in [1.165, 1.54) is 6.92 Å². The molecule has 2 fully saturated rings. The minimum Gasteiger partial charge on any atom is -0.466 e. The van der Waals surface area contributed by atoms with E-state index in [4.69, 9.17) is 9.47 Å². The van der Waals surface area contributed by atoms with Crippen molar-refractivity contribution in [1.29, 1.82) is 0 Å². The van der Waals surface area contributed by atoms with Crippen LogP contribution >= 0.6 is 0 Å². The second kappa shape index (κ2) is 6.24. The molecule has 0 spiro atoms. The number of rotatable bonds is 3. The highest BCUT2D eigenvalue weighted by Crippen LogP contribution is 2.33. The van der Waals surface area contributed by atoms with Crippen LogP contribution in [0.15, 0.2) is 0 Å². The summed E-state index contributed by atoms with van der Waals surface area (Å²) in [4.78, 5) is 36.9. The molecule has 0 aromatic carbocycles. The Labute approximate surface area is 118 Å². The van der Waals surface area contributed by atoms with Gasteiger partial charge in [0.2, 0.25) is 5.91 Å². The number of carbonyl (C=O) groups excluding carboxylic acids is 3. The fraction of sp³-hybridized carbons (Fsp3) is 0.786. The third-order valence-corrected chi connectivity index (χ3v) is 3.97. The molecule has 2 saturated heterocycles. The topological polar surface area (TPSA) is 72.9 Å².